The molecule has 3 atom stereocenters. The molecule has 2 bridgehead atoms. The monoisotopic (exact) mass is 271 g/mol. The Balaban J connectivity index is 1.60. The highest BCUT2D eigenvalue weighted by Gasteiger charge is 2.35. The van der Waals surface area contributed by atoms with E-state index in [4.69, 9.17) is 0 Å². The maximum atomic E-state index is 3.79. The molecule has 3 unspecified atom stereocenters. The van der Waals surface area contributed by atoms with Gasteiger partial charge in [-0.25, -0.2) is 0 Å². The molecular formula is C17H21NS. The van der Waals surface area contributed by atoms with Crippen molar-refractivity contribution in [1.82, 2.24) is 0 Å². The summed E-state index contributed by atoms with van der Waals surface area (Å²) in [6.07, 6.45) is 9.56. The van der Waals surface area contributed by atoms with Crippen molar-refractivity contribution >= 4 is 17.4 Å². The van der Waals surface area contributed by atoms with Crippen LogP contribution < -0.4 is 5.32 Å². The van der Waals surface area contributed by atoms with Crippen molar-refractivity contribution < 1.29 is 0 Å². The molecular weight excluding hydrogens is 250 g/mol. The smallest absolute Gasteiger partial charge is 0.0478 e. The van der Waals surface area contributed by atoms with Gasteiger partial charge in [0.25, 0.3) is 0 Å². The third kappa shape index (κ3) is 2.89. The normalized spacial score (nSPS) is 27.7. The van der Waals surface area contributed by atoms with Crippen LogP contribution in [0.25, 0.3) is 0 Å². The lowest BCUT2D eigenvalue weighted by Gasteiger charge is -2.20. The van der Waals surface area contributed by atoms with Gasteiger partial charge < -0.3 is 5.32 Å². The van der Waals surface area contributed by atoms with Crippen LogP contribution in [-0.4, -0.2) is 12.3 Å². The quantitative estimate of drug-likeness (QED) is 0.600. The maximum Gasteiger partial charge on any atom is 0.0478 e. The van der Waals surface area contributed by atoms with Gasteiger partial charge in [0.05, 0.1) is 0 Å². The molecule has 2 heteroatoms. The van der Waals surface area contributed by atoms with Crippen LogP contribution in [0.4, 0.5) is 5.69 Å². The Morgan fingerprint density at radius 3 is 2.89 bits per heavy atom. The first-order valence-corrected chi connectivity index (χ1v) is 8.10. The molecule has 0 radical (unpaired) electrons. The van der Waals surface area contributed by atoms with Gasteiger partial charge in [0.2, 0.25) is 0 Å². The van der Waals surface area contributed by atoms with Gasteiger partial charge in [-0.1, -0.05) is 30.4 Å². The van der Waals surface area contributed by atoms with E-state index in [1.807, 2.05) is 17.8 Å². The van der Waals surface area contributed by atoms with E-state index in [0.29, 0.717) is 0 Å². The number of fused-ring (bicyclic) bond motifs is 2. The van der Waals surface area contributed by atoms with E-state index < -0.39 is 0 Å². The van der Waals surface area contributed by atoms with Crippen molar-refractivity contribution in [3.05, 3.63) is 49.1 Å². The second-order valence-corrected chi connectivity index (χ2v) is 6.58. The van der Waals surface area contributed by atoms with Gasteiger partial charge in [0.15, 0.2) is 0 Å². The van der Waals surface area contributed by atoms with Crippen molar-refractivity contribution in [2.24, 2.45) is 17.8 Å². The lowest BCUT2D eigenvalue weighted by Crippen LogP contribution is -2.18. The molecule has 19 heavy (non-hydrogen) atoms. The zero-order valence-electron chi connectivity index (χ0n) is 11.2. The summed E-state index contributed by atoms with van der Waals surface area (Å²) in [7, 11) is 0. The van der Waals surface area contributed by atoms with Crippen molar-refractivity contribution in [2.75, 3.05) is 17.6 Å². The van der Waals surface area contributed by atoms with Gasteiger partial charge in [0, 0.05) is 22.9 Å². The second-order valence-electron chi connectivity index (χ2n) is 5.52. The van der Waals surface area contributed by atoms with Gasteiger partial charge in [0.1, 0.15) is 0 Å². The van der Waals surface area contributed by atoms with Crippen LogP contribution in [0.2, 0.25) is 0 Å². The summed E-state index contributed by atoms with van der Waals surface area (Å²) >= 11 is 1.85. The van der Waals surface area contributed by atoms with Crippen molar-refractivity contribution in [2.45, 2.75) is 17.7 Å². The molecule has 0 spiro atoms. The molecule has 0 heterocycles. The first-order valence-electron chi connectivity index (χ1n) is 7.11. The van der Waals surface area contributed by atoms with Gasteiger partial charge in [-0.15, -0.1) is 18.3 Å². The molecule has 1 N–H and O–H groups in total. The minimum atomic E-state index is 0.825. The number of rotatable bonds is 6. The first kappa shape index (κ1) is 12.9. The Labute approximate surface area is 120 Å². The summed E-state index contributed by atoms with van der Waals surface area (Å²) in [6.45, 7) is 4.90. The van der Waals surface area contributed by atoms with Crippen molar-refractivity contribution in [3.8, 4) is 0 Å². The molecule has 2 aliphatic rings. The standard InChI is InChI=1S/C17H21NS/c1-2-9-19-17-6-4-3-5-16(17)18-12-15-11-13-7-8-14(15)10-13/h2-8,13-15,18H,1,9-12H2. The number of benzene rings is 1. The molecule has 1 fully saturated rings. The van der Waals surface area contributed by atoms with E-state index >= 15 is 0 Å². The number of hydrogen-bond donors (Lipinski definition) is 1. The Morgan fingerprint density at radius 2 is 2.16 bits per heavy atom. The third-order valence-corrected chi connectivity index (χ3v) is 5.28. The fourth-order valence-electron chi connectivity index (χ4n) is 3.26. The Kier molecular flexibility index (Phi) is 3.97. The average Bonchev–Trinajstić information content (AvgIpc) is 3.06. The number of hydrogen-bond acceptors (Lipinski definition) is 2. The van der Waals surface area contributed by atoms with Crippen LogP contribution in [-0.2, 0) is 0 Å². The van der Waals surface area contributed by atoms with Gasteiger partial charge in [-0.05, 0) is 42.7 Å². The van der Waals surface area contributed by atoms with E-state index in [0.717, 1.165) is 30.1 Å². The van der Waals surface area contributed by atoms with E-state index in [1.165, 1.54) is 23.4 Å². The largest absolute Gasteiger partial charge is 0.384 e. The Bertz CT molecular complexity index is 480. The number of para-hydroxylation sites is 1. The summed E-state index contributed by atoms with van der Waals surface area (Å²) < 4.78 is 0. The third-order valence-electron chi connectivity index (χ3n) is 4.21. The van der Waals surface area contributed by atoms with Crippen LogP contribution in [0.5, 0.6) is 0 Å². The van der Waals surface area contributed by atoms with Crippen LogP contribution in [0.1, 0.15) is 12.8 Å². The predicted molar refractivity (Wildman–Crippen MR) is 84.7 cm³/mol. The number of anilines is 1. The molecule has 0 saturated heterocycles. The summed E-state index contributed by atoms with van der Waals surface area (Å²) in [5, 5.41) is 3.66. The molecule has 0 aromatic heterocycles. The van der Waals surface area contributed by atoms with Crippen LogP contribution in [0.15, 0.2) is 54.0 Å². The highest BCUT2D eigenvalue weighted by molar-refractivity contribution is 7.99. The molecule has 2 aliphatic carbocycles. The molecule has 3 rings (SSSR count). The molecule has 1 saturated carbocycles. The minimum absolute atomic E-state index is 0.825. The lowest BCUT2D eigenvalue weighted by atomic mass is 9.93. The SMILES string of the molecule is C=CCSc1ccccc1NCC1CC2C=CC1C2. The number of nitrogens with one attached hydrogen (secondary N) is 1. The summed E-state index contributed by atoms with van der Waals surface area (Å²) in [4.78, 5) is 1.33. The summed E-state index contributed by atoms with van der Waals surface area (Å²) in [5.41, 5.74) is 1.28. The maximum absolute atomic E-state index is 3.79. The Hall–Kier alpha value is -1.15. The van der Waals surface area contributed by atoms with E-state index in [2.05, 4.69) is 48.3 Å². The predicted octanol–water partition coefficient (Wildman–Crippen LogP) is 4.59. The average molecular weight is 271 g/mol. The first-order chi connectivity index (χ1) is 9.36. The summed E-state index contributed by atoms with van der Waals surface area (Å²) in [5.74, 6) is 3.48. The van der Waals surface area contributed by atoms with Crippen LogP contribution in [0, 0.1) is 17.8 Å². The van der Waals surface area contributed by atoms with Crippen LogP contribution >= 0.6 is 11.8 Å². The van der Waals surface area contributed by atoms with Crippen molar-refractivity contribution in [3.63, 3.8) is 0 Å². The van der Waals surface area contributed by atoms with Crippen molar-refractivity contribution in [1.29, 1.82) is 0 Å². The molecule has 1 aromatic rings. The molecule has 0 aliphatic heterocycles. The van der Waals surface area contributed by atoms with Gasteiger partial charge in [-0.2, -0.15) is 0 Å². The van der Waals surface area contributed by atoms with Crippen LogP contribution in [0.3, 0.4) is 0 Å². The fraction of sp³-hybridized carbons (Fsp3) is 0.412. The summed E-state index contributed by atoms with van der Waals surface area (Å²) in [6, 6.07) is 8.60. The molecule has 0 amide bonds. The zero-order valence-corrected chi connectivity index (χ0v) is 12.0. The zero-order chi connectivity index (χ0) is 13.1. The molecule has 1 nitrogen and oxygen atoms in total. The van der Waals surface area contributed by atoms with E-state index in [9.17, 15) is 0 Å². The molecule has 100 valence electrons. The highest BCUT2D eigenvalue weighted by Crippen LogP contribution is 2.43. The highest BCUT2D eigenvalue weighted by atomic mass is 32.2. The topological polar surface area (TPSA) is 12.0 Å². The second kappa shape index (κ2) is 5.87. The number of allylic oxidation sites excluding steroid dienone is 2. The lowest BCUT2D eigenvalue weighted by molar-refractivity contribution is 0.471. The minimum Gasteiger partial charge on any atom is -0.384 e. The van der Waals surface area contributed by atoms with Gasteiger partial charge in [-0.3, -0.25) is 0 Å². The molecule has 1 aromatic carbocycles. The Morgan fingerprint density at radius 1 is 1.26 bits per heavy atom. The van der Waals surface area contributed by atoms with E-state index in [-0.39, 0.29) is 0 Å². The van der Waals surface area contributed by atoms with E-state index in [1.54, 1.807) is 0 Å². The van der Waals surface area contributed by atoms with Gasteiger partial charge >= 0.3 is 0 Å². The fourth-order valence-corrected chi connectivity index (χ4v) is 4.03. The number of thioether (sulfide) groups is 1.